The molecule has 7 nitrogen and oxygen atoms in total. The van der Waals surface area contributed by atoms with Gasteiger partial charge >= 0.3 is 0 Å². The van der Waals surface area contributed by atoms with Crippen LogP contribution in [0.1, 0.15) is 29.9 Å². The van der Waals surface area contributed by atoms with Gasteiger partial charge < -0.3 is 21.3 Å². The Bertz CT molecular complexity index is 967. The topological polar surface area (TPSA) is 94.6 Å². The van der Waals surface area contributed by atoms with Gasteiger partial charge in [-0.25, -0.2) is 0 Å². The summed E-state index contributed by atoms with van der Waals surface area (Å²) in [5.74, 6) is 0.547. The highest BCUT2D eigenvalue weighted by molar-refractivity contribution is 14.0. The summed E-state index contributed by atoms with van der Waals surface area (Å²) in [5.41, 5.74) is 3.52. The monoisotopic (exact) mass is 555 g/mol. The molecule has 0 aromatic heterocycles. The molecule has 166 valence electrons. The summed E-state index contributed by atoms with van der Waals surface area (Å²) in [5, 5.41) is 12.8. The minimum Gasteiger partial charge on any atom is -0.356 e. The fourth-order valence-electron chi connectivity index (χ4n) is 3.37. The first kappa shape index (κ1) is 24.9. The molecule has 0 fully saturated rings. The molecule has 9 heteroatoms. The summed E-state index contributed by atoms with van der Waals surface area (Å²) in [7, 11) is 1.67. The van der Waals surface area contributed by atoms with Crippen molar-refractivity contribution in [2.45, 2.75) is 25.7 Å². The van der Waals surface area contributed by atoms with E-state index in [4.69, 9.17) is 11.6 Å². The van der Waals surface area contributed by atoms with Gasteiger partial charge in [0, 0.05) is 55.3 Å². The molecule has 1 aliphatic rings. The third-order valence-corrected chi connectivity index (χ3v) is 5.44. The molecule has 2 aromatic rings. The van der Waals surface area contributed by atoms with Crippen LogP contribution in [0.4, 0.5) is 11.4 Å². The fraction of sp³-hybridized carbons (Fsp3) is 0.318. The van der Waals surface area contributed by atoms with Crippen molar-refractivity contribution in [2.75, 3.05) is 30.8 Å². The number of anilines is 2. The zero-order chi connectivity index (χ0) is 21.5. The number of hydrogen-bond donors (Lipinski definition) is 4. The predicted molar refractivity (Wildman–Crippen MR) is 137 cm³/mol. The molecule has 0 aliphatic carbocycles. The first-order chi connectivity index (χ1) is 14.5. The van der Waals surface area contributed by atoms with E-state index in [-0.39, 0.29) is 48.1 Å². The second-order valence-corrected chi connectivity index (χ2v) is 7.53. The number of halogens is 2. The average Bonchev–Trinajstić information content (AvgIpc) is 2.73. The van der Waals surface area contributed by atoms with Crippen LogP contribution in [0, 0.1) is 6.92 Å². The van der Waals surface area contributed by atoms with Gasteiger partial charge in [0.1, 0.15) is 0 Å². The SMILES string of the molecule is CN=C(NCCC(=O)Nc1cccc(Cl)c1C)NCC1CC(=O)Nc2ccccc21.I. The molecule has 3 rings (SSSR count). The quantitative estimate of drug-likeness (QED) is 0.247. The summed E-state index contributed by atoms with van der Waals surface area (Å²) in [6.45, 7) is 2.86. The van der Waals surface area contributed by atoms with E-state index in [0.717, 1.165) is 16.8 Å². The van der Waals surface area contributed by atoms with Crippen LogP contribution in [0.2, 0.25) is 5.02 Å². The Morgan fingerprint density at radius 2 is 1.97 bits per heavy atom. The van der Waals surface area contributed by atoms with Gasteiger partial charge in [0.2, 0.25) is 11.8 Å². The van der Waals surface area contributed by atoms with E-state index in [1.54, 1.807) is 19.2 Å². The van der Waals surface area contributed by atoms with E-state index in [0.29, 0.717) is 36.2 Å². The Kier molecular flexibility index (Phi) is 9.57. The maximum Gasteiger partial charge on any atom is 0.226 e. The highest BCUT2D eigenvalue weighted by Gasteiger charge is 2.24. The smallest absolute Gasteiger partial charge is 0.226 e. The van der Waals surface area contributed by atoms with Crippen molar-refractivity contribution in [1.29, 1.82) is 0 Å². The van der Waals surface area contributed by atoms with E-state index < -0.39 is 0 Å². The molecule has 2 amide bonds. The summed E-state index contributed by atoms with van der Waals surface area (Å²) in [6.07, 6.45) is 0.698. The van der Waals surface area contributed by atoms with Gasteiger partial charge in [-0.05, 0) is 36.2 Å². The van der Waals surface area contributed by atoms with Crippen molar-refractivity contribution in [2.24, 2.45) is 4.99 Å². The number of rotatable bonds is 6. The number of carbonyl (C=O) groups excluding carboxylic acids is 2. The van der Waals surface area contributed by atoms with E-state index in [9.17, 15) is 9.59 Å². The zero-order valence-corrected chi connectivity index (χ0v) is 20.6. The highest BCUT2D eigenvalue weighted by atomic mass is 127. The van der Waals surface area contributed by atoms with Crippen molar-refractivity contribution in [1.82, 2.24) is 10.6 Å². The van der Waals surface area contributed by atoms with Gasteiger partial charge in [-0.2, -0.15) is 0 Å². The minimum atomic E-state index is -0.110. The molecule has 0 saturated heterocycles. The van der Waals surface area contributed by atoms with E-state index in [1.807, 2.05) is 37.3 Å². The number of para-hydroxylation sites is 1. The molecule has 1 aliphatic heterocycles. The minimum absolute atomic E-state index is 0. The number of hydrogen-bond acceptors (Lipinski definition) is 3. The zero-order valence-electron chi connectivity index (χ0n) is 17.5. The van der Waals surface area contributed by atoms with Gasteiger partial charge in [0.15, 0.2) is 5.96 Å². The van der Waals surface area contributed by atoms with Crippen molar-refractivity contribution < 1.29 is 9.59 Å². The lowest BCUT2D eigenvalue weighted by Gasteiger charge is -2.26. The van der Waals surface area contributed by atoms with Gasteiger partial charge in [-0.15, -0.1) is 24.0 Å². The van der Waals surface area contributed by atoms with Gasteiger partial charge in [-0.1, -0.05) is 35.9 Å². The summed E-state index contributed by atoms with van der Waals surface area (Å²) < 4.78 is 0. The molecular weight excluding hydrogens is 529 g/mol. The number of amides is 2. The van der Waals surface area contributed by atoms with Crippen LogP contribution < -0.4 is 21.3 Å². The van der Waals surface area contributed by atoms with Crippen LogP contribution in [-0.2, 0) is 9.59 Å². The number of carbonyl (C=O) groups is 2. The number of benzene rings is 2. The molecule has 2 aromatic carbocycles. The van der Waals surface area contributed by atoms with Crippen molar-refractivity contribution in [3.05, 3.63) is 58.6 Å². The predicted octanol–water partition coefficient (Wildman–Crippen LogP) is 3.89. The largest absolute Gasteiger partial charge is 0.356 e. The summed E-state index contributed by atoms with van der Waals surface area (Å²) >= 11 is 6.09. The Morgan fingerprint density at radius 1 is 1.19 bits per heavy atom. The van der Waals surface area contributed by atoms with E-state index in [1.165, 1.54) is 0 Å². The Hall–Kier alpha value is -2.33. The molecule has 1 atom stereocenters. The normalized spacial score (nSPS) is 15.3. The number of guanidine groups is 1. The first-order valence-corrected chi connectivity index (χ1v) is 10.2. The molecular formula is C22H27ClIN5O2. The molecule has 31 heavy (non-hydrogen) atoms. The molecule has 0 saturated carbocycles. The standard InChI is InChI=1S/C22H26ClN5O2.HI/c1-14-17(23)7-5-9-18(14)27-20(29)10-11-25-22(24-2)26-13-15-12-21(30)28-19-8-4-3-6-16(15)19;/h3-9,15H,10-13H2,1-2H3,(H,27,29)(H,28,30)(H2,24,25,26);1H. The third-order valence-electron chi connectivity index (χ3n) is 5.03. The first-order valence-electron chi connectivity index (χ1n) is 9.86. The van der Waals surface area contributed by atoms with E-state index in [2.05, 4.69) is 26.3 Å². The van der Waals surface area contributed by atoms with Crippen LogP contribution >= 0.6 is 35.6 Å². The van der Waals surface area contributed by atoms with E-state index >= 15 is 0 Å². The molecule has 0 radical (unpaired) electrons. The maximum absolute atomic E-state index is 12.2. The summed E-state index contributed by atoms with van der Waals surface area (Å²) in [4.78, 5) is 28.4. The Morgan fingerprint density at radius 3 is 2.74 bits per heavy atom. The number of aliphatic imine (C=N–C) groups is 1. The van der Waals surface area contributed by atoms with Crippen LogP contribution in [0.25, 0.3) is 0 Å². The second-order valence-electron chi connectivity index (χ2n) is 7.13. The van der Waals surface area contributed by atoms with Crippen LogP contribution in [0.15, 0.2) is 47.5 Å². The number of fused-ring (bicyclic) bond motifs is 1. The molecule has 0 bridgehead atoms. The lowest BCUT2D eigenvalue weighted by atomic mass is 9.90. The highest BCUT2D eigenvalue weighted by Crippen LogP contribution is 2.31. The number of nitrogens with zero attached hydrogens (tertiary/aromatic N) is 1. The van der Waals surface area contributed by atoms with Crippen LogP contribution in [0.3, 0.4) is 0 Å². The van der Waals surface area contributed by atoms with Crippen molar-refractivity contribution in [3.8, 4) is 0 Å². The molecule has 1 unspecified atom stereocenters. The Balaban J connectivity index is 0.00000341. The van der Waals surface area contributed by atoms with Gasteiger partial charge in [-0.3, -0.25) is 14.6 Å². The van der Waals surface area contributed by atoms with Gasteiger partial charge in [0.25, 0.3) is 0 Å². The fourth-order valence-corrected chi connectivity index (χ4v) is 3.55. The second kappa shape index (κ2) is 11.9. The van der Waals surface area contributed by atoms with Crippen LogP contribution in [0.5, 0.6) is 0 Å². The lowest BCUT2D eigenvalue weighted by molar-refractivity contribution is -0.117. The molecule has 4 N–H and O–H groups in total. The maximum atomic E-state index is 12.2. The van der Waals surface area contributed by atoms with Crippen molar-refractivity contribution in [3.63, 3.8) is 0 Å². The van der Waals surface area contributed by atoms with Crippen LogP contribution in [-0.4, -0.2) is 37.9 Å². The Labute approximate surface area is 204 Å². The van der Waals surface area contributed by atoms with Gasteiger partial charge in [0.05, 0.1) is 0 Å². The summed E-state index contributed by atoms with van der Waals surface area (Å²) in [6, 6.07) is 13.2. The lowest BCUT2D eigenvalue weighted by Crippen LogP contribution is -2.41. The van der Waals surface area contributed by atoms with Crippen molar-refractivity contribution >= 4 is 64.7 Å². The average molecular weight is 556 g/mol. The third kappa shape index (κ3) is 6.83. The number of nitrogens with one attached hydrogen (secondary N) is 4. The molecule has 0 spiro atoms. The molecule has 1 heterocycles.